The van der Waals surface area contributed by atoms with Gasteiger partial charge in [0.1, 0.15) is 6.04 Å². The molecular weight excluding hydrogens is 236 g/mol. The average molecular weight is 258 g/mol. The van der Waals surface area contributed by atoms with Crippen molar-refractivity contribution in [1.82, 2.24) is 5.32 Å². The predicted molar refractivity (Wildman–Crippen MR) is 77.2 cm³/mol. The van der Waals surface area contributed by atoms with E-state index in [0.717, 1.165) is 24.9 Å². The van der Waals surface area contributed by atoms with Crippen LogP contribution in [0.1, 0.15) is 44.1 Å². The van der Waals surface area contributed by atoms with Gasteiger partial charge >= 0.3 is 0 Å². The highest BCUT2D eigenvalue weighted by atomic mass is 16.2. The first kappa shape index (κ1) is 12.5. The third-order valence-corrected chi connectivity index (χ3v) is 4.29. The van der Waals surface area contributed by atoms with Gasteiger partial charge in [0.15, 0.2) is 0 Å². The van der Waals surface area contributed by atoms with Crippen molar-refractivity contribution >= 4 is 11.6 Å². The van der Waals surface area contributed by atoms with E-state index >= 15 is 0 Å². The number of rotatable bonds is 2. The van der Waals surface area contributed by atoms with Gasteiger partial charge in [-0.1, -0.05) is 43.9 Å². The minimum Gasteiger partial charge on any atom is -0.373 e. The number of carbonyl (C=O) groups excluding carboxylic acids is 1. The molecule has 2 N–H and O–H groups in total. The van der Waals surface area contributed by atoms with E-state index in [1.807, 2.05) is 18.2 Å². The molecule has 102 valence electrons. The zero-order valence-electron chi connectivity index (χ0n) is 11.3. The first-order valence-electron chi connectivity index (χ1n) is 7.48. The third kappa shape index (κ3) is 2.91. The summed E-state index contributed by atoms with van der Waals surface area (Å²) in [6.45, 7) is 0. The molecule has 0 aromatic heterocycles. The summed E-state index contributed by atoms with van der Waals surface area (Å²) in [5.41, 5.74) is 2.37. The number of hydrogen-bond donors (Lipinski definition) is 2. The summed E-state index contributed by atoms with van der Waals surface area (Å²) in [6, 6.07) is 8.50. The summed E-state index contributed by atoms with van der Waals surface area (Å²) < 4.78 is 0. The van der Waals surface area contributed by atoms with Gasteiger partial charge in [0.25, 0.3) is 0 Å². The molecular formula is C16H22N2O. The molecule has 1 heterocycles. The largest absolute Gasteiger partial charge is 0.373 e. The Labute approximate surface area is 114 Å². The Kier molecular flexibility index (Phi) is 3.72. The predicted octanol–water partition coefficient (Wildman–Crippen LogP) is 2.86. The fourth-order valence-corrected chi connectivity index (χ4v) is 3.18. The Morgan fingerprint density at radius 3 is 2.58 bits per heavy atom. The number of nitrogens with one attached hydrogen (secondary N) is 2. The molecule has 3 rings (SSSR count). The highest BCUT2D eigenvalue weighted by Crippen LogP contribution is 2.25. The molecule has 1 amide bonds. The molecule has 1 saturated carbocycles. The van der Waals surface area contributed by atoms with Crippen molar-refractivity contribution in [1.29, 1.82) is 0 Å². The molecule has 0 saturated heterocycles. The molecule has 0 spiro atoms. The lowest BCUT2D eigenvalue weighted by molar-refractivity contribution is -0.122. The monoisotopic (exact) mass is 258 g/mol. The molecule has 0 bridgehead atoms. The van der Waals surface area contributed by atoms with Gasteiger partial charge in [-0.15, -0.1) is 0 Å². The Morgan fingerprint density at radius 1 is 1.11 bits per heavy atom. The van der Waals surface area contributed by atoms with Crippen LogP contribution < -0.4 is 10.6 Å². The lowest BCUT2D eigenvalue weighted by Crippen LogP contribution is -2.43. The van der Waals surface area contributed by atoms with Crippen LogP contribution >= 0.6 is 0 Å². The van der Waals surface area contributed by atoms with Crippen LogP contribution in [0.3, 0.4) is 0 Å². The first-order chi connectivity index (χ1) is 9.33. The lowest BCUT2D eigenvalue weighted by atomic mass is 10.1. The molecule has 1 aromatic carbocycles. The van der Waals surface area contributed by atoms with Crippen LogP contribution in [0.5, 0.6) is 0 Å². The van der Waals surface area contributed by atoms with Gasteiger partial charge < -0.3 is 10.6 Å². The maximum absolute atomic E-state index is 12.3. The summed E-state index contributed by atoms with van der Waals surface area (Å²) in [6.07, 6.45) is 8.25. The minimum atomic E-state index is -0.0827. The van der Waals surface area contributed by atoms with Gasteiger partial charge in [0, 0.05) is 18.2 Å². The summed E-state index contributed by atoms with van der Waals surface area (Å²) >= 11 is 0. The Balaban J connectivity index is 1.57. The molecule has 3 heteroatoms. The standard InChI is InChI=1S/C16H22N2O/c19-16(17-13-8-3-1-2-4-9-13)15-11-12-7-5-6-10-14(12)18-15/h5-7,10,13,15,18H,1-4,8-9,11H2,(H,17,19)/t15-/m0/s1. The van der Waals surface area contributed by atoms with Crippen molar-refractivity contribution in [2.24, 2.45) is 0 Å². The molecule has 2 aliphatic rings. The van der Waals surface area contributed by atoms with Crippen LogP contribution in [0.4, 0.5) is 5.69 Å². The second-order valence-corrected chi connectivity index (χ2v) is 5.76. The van der Waals surface area contributed by atoms with Crippen LogP contribution in [-0.2, 0) is 11.2 Å². The highest BCUT2D eigenvalue weighted by Gasteiger charge is 2.27. The van der Waals surface area contributed by atoms with E-state index < -0.39 is 0 Å². The second-order valence-electron chi connectivity index (χ2n) is 5.76. The topological polar surface area (TPSA) is 41.1 Å². The van der Waals surface area contributed by atoms with Gasteiger partial charge in [0.2, 0.25) is 5.91 Å². The summed E-state index contributed by atoms with van der Waals surface area (Å²) in [4.78, 5) is 12.3. The van der Waals surface area contributed by atoms with E-state index in [1.165, 1.54) is 31.2 Å². The summed E-state index contributed by atoms with van der Waals surface area (Å²) in [5, 5.41) is 6.56. The maximum Gasteiger partial charge on any atom is 0.243 e. The van der Waals surface area contributed by atoms with Gasteiger partial charge in [-0.05, 0) is 24.5 Å². The van der Waals surface area contributed by atoms with Gasteiger partial charge in [-0.3, -0.25) is 4.79 Å². The SMILES string of the molecule is O=C(NC1CCCCCC1)[C@@H]1Cc2ccccc2N1. The van der Waals surface area contributed by atoms with Crippen LogP contribution in [0.25, 0.3) is 0 Å². The highest BCUT2D eigenvalue weighted by molar-refractivity contribution is 5.87. The quantitative estimate of drug-likeness (QED) is 0.801. The van der Waals surface area contributed by atoms with Crippen LogP contribution in [0, 0.1) is 0 Å². The first-order valence-corrected chi connectivity index (χ1v) is 7.48. The van der Waals surface area contributed by atoms with Crippen molar-refractivity contribution < 1.29 is 4.79 Å². The van der Waals surface area contributed by atoms with E-state index in [9.17, 15) is 4.79 Å². The third-order valence-electron chi connectivity index (χ3n) is 4.29. The number of benzene rings is 1. The fourth-order valence-electron chi connectivity index (χ4n) is 3.18. The zero-order chi connectivity index (χ0) is 13.1. The number of anilines is 1. The van der Waals surface area contributed by atoms with Gasteiger partial charge in [0.05, 0.1) is 0 Å². The van der Waals surface area contributed by atoms with Crippen molar-refractivity contribution in [3.05, 3.63) is 29.8 Å². The Morgan fingerprint density at radius 2 is 1.84 bits per heavy atom. The van der Waals surface area contributed by atoms with Gasteiger partial charge in [-0.2, -0.15) is 0 Å². The van der Waals surface area contributed by atoms with Gasteiger partial charge in [-0.25, -0.2) is 0 Å². The van der Waals surface area contributed by atoms with Crippen molar-refractivity contribution in [2.45, 2.75) is 57.0 Å². The summed E-state index contributed by atoms with van der Waals surface area (Å²) in [7, 11) is 0. The molecule has 3 nitrogen and oxygen atoms in total. The Bertz CT molecular complexity index is 425. The molecule has 1 aliphatic heterocycles. The number of carbonyl (C=O) groups is 1. The molecule has 1 atom stereocenters. The zero-order valence-corrected chi connectivity index (χ0v) is 11.3. The number of para-hydroxylation sites is 1. The normalized spacial score (nSPS) is 23.3. The van der Waals surface area contributed by atoms with E-state index in [1.54, 1.807) is 0 Å². The fraction of sp³-hybridized carbons (Fsp3) is 0.562. The summed E-state index contributed by atoms with van der Waals surface area (Å²) in [5.74, 6) is 0.170. The van der Waals surface area contributed by atoms with E-state index in [-0.39, 0.29) is 11.9 Å². The number of hydrogen-bond acceptors (Lipinski definition) is 2. The Hall–Kier alpha value is -1.51. The van der Waals surface area contributed by atoms with Crippen molar-refractivity contribution in [2.75, 3.05) is 5.32 Å². The molecule has 1 aliphatic carbocycles. The molecule has 0 radical (unpaired) electrons. The van der Waals surface area contributed by atoms with Crippen LogP contribution in [0.15, 0.2) is 24.3 Å². The second kappa shape index (κ2) is 5.64. The van der Waals surface area contributed by atoms with E-state index in [4.69, 9.17) is 0 Å². The van der Waals surface area contributed by atoms with E-state index in [2.05, 4.69) is 16.7 Å². The smallest absolute Gasteiger partial charge is 0.243 e. The molecule has 1 fully saturated rings. The molecule has 19 heavy (non-hydrogen) atoms. The van der Waals surface area contributed by atoms with Crippen molar-refractivity contribution in [3.8, 4) is 0 Å². The maximum atomic E-state index is 12.3. The average Bonchev–Trinajstić information content (AvgIpc) is 2.70. The minimum absolute atomic E-state index is 0.0827. The lowest BCUT2D eigenvalue weighted by Gasteiger charge is -2.19. The molecule has 1 aromatic rings. The van der Waals surface area contributed by atoms with E-state index in [0.29, 0.717) is 6.04 Å². The molecule has 0 unspecified atom stereocenters. The number of amides is 1. The van der Waals surface area contributed by atoms with Crippen LogP contribution in [-0.4, -0.2) is 18.0 Å². The van der Waals surface area contributed by atoms with Crippen LogP contribution in [0.2, 0.25) is 0 Å². The number of fused-ring (bicyclic) bond motifs is 1. The van der Waals surface area contributed by atoms with Crippen molar-refractivity contribution in [3.63, 3.8) is 0 Å².